The number of nitrogens with two attached hydrogens (primary N) is 1. The molecule has 0 bridgehead atoms. The van der Waals surface area contributed by atoms with Crippen LogP contribution in [0.1, 0.15) is 35.4 Å². The Hall–Kier alpha value is -1.56. The minimum Gasteiger partial charge on any atom is -0.356 e. The zero-order valence-electron chi connectivity index (χ0n) is 10.3. The minimum atomic E-state index is -4.42. The number of carbonyl (C=O) groups excluding carboxylic acids is 1. The van der Waals surface area contributed by atoms with Crippen LogP contribution in [0.4, 0.5) is 13.2 Å². The molecule has 1 heterocycles. The zero-order valence-corrected chi connectivity index (χ0v) is 10.3. The lowest BCUT2D eigenvalue weighted by atomic mass is 9.86. The third-order valence-corrected chi connectivity index (χ3v) is 3.35. The van der Waals surface area contributed by atoms with Crippen LogP contribution in [0.5, 0.6) is 0 Å². The smallest absolute Gasteiger partial charge is 0.356 e. The van der Waals surface area contributed by atoms with Gasteiger partial charge in [0.15, 0.2) is 0 Å². The molecule has 2 rings (SSSR count). The highest BCUT2D eigenvalue weighted by Crippen LogP contribution is 2.38. The van der Waals surface area contributed by atoms with Crippen LogP contribution in [0.2, 0.25) is 0 Å². The third kappa shape index (κ3) is 3.07. The van der Waals surface area contributed by atoms with Gasteiger partial charge in [0.1, 0.15) is 0 Å². The molecule has 1 aliphatic rings. The van der Waals surface area contributed by atoms with Crippen LogP contribution >= 0.6 is 0 Å². The molecule has 0 aliphatic carbocycles. The van der Waals surface area contributed by atoms with E-state index < -0.39 is 11.7 Å². The van der Waals surface area contributed by atoms with Gasteiger partial charge in [0.05, 0.1) is 5.56 Å². The van der Waals surface area contributed by atoms with E-state index >= 15 is 0 Å². The van der Waals surface area contributed by atoms with Crippen LogP contribution in [-0.4, -0.2) is 12.5 Å². The quantitative estimate of drug-likeness (QED) is 0.866. The van der Waals surface area contributed by atoms with Crippen molar-refractivity contribution >= 4 is 5.91 Å². The number of piperidine rings is 1. The van der Waals surface area contributed by atoms with Gasteiger partial charge in [-0.25, -0.2) is 0 Å². The van der Waals surface area contributed by atoms with Crippen LogP contribution in [0, 0.1) is 0 Å². The van der Waals surface area contributed by atoms with E-state index in [4.69, 9.17) is 5.73 Å². The molecule has 0 unspecified atom stereocenters. The van der Waals surface area contributed by atoms with Gasteiger partial charge in [-0.1, -0.05) is 12.1 Å². The SMILES string of the molecule is NCc1ccc([C@H]2CCNC(=O)C2)c(C(F)(F)F)c1. The highest BCUT2D eigenvalue weighted by atomic mass is 19.4. The summed E-state index contributed by atoms with van der Waals surface area (Å²) < 4.78 is 39.2. The molecule has 1 aromatic carbocycles. The predicted molar refractivity (Wildman–Crippen MR) is 64.3 cm³/mol. The summed E-state index contributed by atoms with van der Waals surface area (Å²) in [5.74, 6) is -0.579. The van der Waals surface area contributed by atoms with Gasteiger partial charge in [0.25, 0.3) is 0 Å². The molecule has 19 heavy (non-hydrogen) atoms. The maximum absolute atomic E-state index is 13.1. The highest BCUT2D eigenvalue weighted by molar-refractivity contribution is 5.77. The lowest BCUT2D eigenvalue weighted by Crippen LogP contribution is -2.33. The standard InChI is InChI=1S/C13H15F3N2O/c14-13(15,16)11-5-8(7-17)1-2-10(11)9-3-4-18-12(19)6-9/h1-2,5,9H,3-4,6-7,17H2,(H,18,19)/t9-/m0/s1. The van der Waals surface area contributed by atoms with Crippen molar-refractivity contribution in [3.05, 3.63) is 34.9 Å². The van der Waals surface area contributed by atoms with E-state index in [2.05, 4.69) is 5.32 Å². The highest BCUT2D eigenvalue weighted by Gasteiger charge is 2.36. The van der Waals surface area contributed by atoms with Crippen molar-refractivity contribution in [2.45, 2.75) is 31.5 Å². The second-order valence-electron chi connectivity index (χ2n) is 4.66. The van der Waals surface area contributed by atoms with Gasteiger partial charge < -0.3 is 11.1 Å². The second-order valence-corrected chi connectivity index (χ2v) is 4.66. The Balaban J connectivity index is 2.41. The first-order valence-electron chi connectivity index (χ1n) is 6.08. The number of hydrogen-bond acceptors (Lipinski definition) is 2. The molecule has 0 saturated carbocycles. The normalized spacial score (nSPS) is 20.2. The fourth-order valence-electron chi connectivity index (χ4n) is 2.38. The first-order chi connectivity index (χ1) is 8.91. The Morgan fingerprint density at radius 1 is 1.37 bits per heavy atom. The molecule has 1 fully saturated rings. The van der Waals surface area contributed by atoms with Gasteiger partial charge in [-0.2, -0.15) is 13.2 Å². The largest absolute Gasteiger partial charge is 0.416 e. The average Bonchev–Trinajstić information content (AvgIpc) is 2.37. The molecule has 3 N–H and O–H groups in total. The van der Waals surface area contributed by atoms with Gasteiger partial charge in [-0.3, -0.25) is 4.79 Å². The van der Waals surface area contributed by atoms with E-state index in [1.807, 2.05) is 0 Å². The van der Waals surface area contributed by atoms with E-state index in [-0.39, 0.29) is 30.4 Å². The Morgan fingerprint density at radius 3 is 2.68 bits per heavy atom. The molecular formula is C13H15F3N2O. The molecule has 104 valence electrons. The van der Waals surface area contributed by atoms with Gasteiger partial charge in [0, 0.05) is 19.5 Å². The molecule has 1 amide bonds. The van der Waals surface area contributed by atoms with Crippen molar-refractivity contribution in [1.29, 1.82) is 0 Å². The molecule has 1 aromatic rings. The van der Waals surface area contributed by atoms with Crippen molar-refractivity contribution in [2.75, 3.05) is 6.54 Å². The Morgan fingerprint density at radius 2 is 2.11 bits per heavy atom. The molecule has 0 aromatic heterocycles. The average molecular weight is 272 g/mol. The van der Waals surface area contributed by atoms with Crippen LogP contribution in [0.15, 0.2) is 18.2 Å². The van der Waals surface area contributed by atoms with Gasteiger partial charge in [-0.05, 0) is 29.5 Å². The van der Waals surface area contributed by atoms with E-state index in [1.54, 1.807) is 6.07 Å². The Labute approximate surface area is 109 Å². The van der Waals surface area contributed by atoms with Crippen molar-refractivity contribution in [3.8, 4) is 0 Å². The first-order valence-corrected chi connectivity index (χ1v) is 6.08. The summed E-state index contributed by atoms with van der Waals surface area (Å²) in [7, 11) is 0. The number of nitrogens with one attached hydrogen (secondary N) is 1. The van der Waals surface area contributed by atoms with Crippen molar-refractivity contribution in [2.24, 2.45) is 5.73 Å². The number of benzene rings is 1. The fraction of sp³-hybridized carbons (Fsp3) is 0.462. The van der Waals surface area contributed by atoms with Crippen molar-refractivity contribution in [3.63, 3.8) is 0 Å². The minimum absolute atomic E-state index is 0.0640. The molecule has 3 nitrogen and oxygen atoms in total. The topological polar surface area (TPSA) is 55.1 Å². The van der Waals surface area contributed by atoms with E-state index in [1.165, 1.54) is 6.07 Å². The Bertz CT molecular complexity index is 485. The van der Waals surface area contributed by atoms with Crippen molar-refractivity contribution in [1.82, 2.24) is 5.32 Å². The Kier molecular flexibility index (Phi) is 3.80. The van der Waals surface area contributed by atoms with E-state index in [0.717, 1.165) is 6.07 Å². The number of amides is 1. The summed E-state index contributed by atoms with van der Waals surface area (Å²) in [5.41, 5.74) is 5.35. The maximum atomic E-state index is 13.1. The summed E-state index contributed by atoms with van der Waals surface area (Å²) in [4.78, 5) is 11.3. The predicted octanol–water partition coefficient (Wildman–Crippen LogP) is 2.16. The maximum Gasteiger partial charge on any atom is 0.416 e. The molecule has 1 aliphatic heterocycles. The first kappa shape index (κ1) is 13.9. The summed E-state index contributed by atoms with van der Waals surface area (Å²) in [5, 5.41) is 2.62. The van der Waals surface area contributed by atoms with Crippen molar-refractivity contribution < 1.29 is 18.0 Å². The number of carbonyl (C=O) groups is 1. The van der Waals surface area contributed by atoms with Crippen LogP contribution in [-0.2, 0) is 17.5 Å². The van der Waals surface area contributed by atoms with E-state index in [9.17, 15) is 18.0 Å². The van der Waals surface area contributed by atoms with E-state index in [0.29, 0.717) is 18.5 Å². The van der Waals surface area contributed by atoms with Gasteiger partial charge in [-0.15, -0.1) is 0 Å². The van der Waals surface area contributed by atoms with Crippen LogP contribution in [0.25, 0.3) is 0 Å². The van der Waals surface area contributed by atoms with Gasteiger partial charge in [0.2, 0.25) is 5.91 Å². The number of rotatable bonds is 2. The molecule has 0 radical (unpaired) electrons. The number of hydrogen-bond donors (Lipinski definition) is 2. The summed E-state index contributed by atoms with van der Waals surface area (Å²) in [6.45, 7) is 0.480. The molecule has 1 saturated heterocycles. The third-order valence-electron chi connectivity index (χ3n) is 3.35. The molecule has 1 atom stereocenters. The monoisotopic (exact) mass is 272 g/mol. The fourth-order valence-corrected chi connectivity index (χ4v) is 2.38. The lowest BCUT2D eigenvalue weighted by molar-refractivity contribution is -0.139. The molecule has 6 heteroatoms. The number of alkyl halides is 3. The zero-order chi connectivity index (χ0) is 14.0. The number of halogens is 3. The summed E-state index contributed by atoms with van der Waals surface area (Å²) in [6, 6.07) is 4.13. The van der Waals surface area contributed by atoms with Gasteiger partial charge >= 0.3 is 6.18 Å². The molecule has 0 spiro atoms. The van der Waals surface area contributed by atoms with Crippen LogP contribution < -0.4 is 11.1 Å². The second kappa shape index (κ2) is 5.21. The molecular weight excluding hydrogens is 257 g/mol. The summed E-state index contributed by atoms with van der Waals surface area (Å²) in [6.07, 6.45) is -3.80. The summed E-state index contributed by atoms with van der Waals surface area (Å²) >= 11 is 0. The lowest BCUT2D eigenvalue weighted by Gasteiger charge is -2.25. The van der Waals surface area contributed by atoms with Crippen LogP contribution in [0.3, 0.4) is 0 Å².